The molecule has 1 N–H and O–H groups in total. The first kappa shape index (κ1) is 16.2. The molecule has 5 nitrogen and oxygen atoms in total. The monoisotopic (exact) mass is 323 g/mol. The molecular formula is C19H21N3O2. The normalized spacial score (nSPS) is 11.3. The number of aromatic carboxylic acids is 1. The molecule has 1 aromatic heterocycles. The van der Waals surface area contributed by atoms with Gasteiger partial charge >= 0.3 is 5.97 Å². The van der Waals surface area contributed by atoms with E-state index in [1.54, 1.807) is 12.1 Å². The number of aromatic nitrogens is 2. The minimum absolute atomic E-state index is 0.285. The Morgan fingerprint density at radius 2 is 1.92 bits per heavy atom. The van der Waals surface area contributed by atoms with Crippen molar-refractivity contribution in [3.63, 3.8) is 0 Å². The van der Waals surface area contributed by atoms with E-state index in [-0.39, 0.29) is 5.56 Å². The maximum Gasteiger partial charge on any atom is 0.335 e. The Bertz CT molecular complexity index is 854. The summed E-state index contributed by atoms with van der Waals surface area (Å²) in [7, 11) is 4.10. The van der Waals surface area contributed by atoms with E-state index in [0.29, 0.717) is 0 Å². The summed E-state index contributed by atoms with van der Waals surface area (Å²) in [6, 6.07) is 15.1. The quantitative estimate of drug-likeness (QED) is 0.756. The molecule has 0 saturated carbocycles. The predicted molar refractivity (Wildman–Crippen MR) is 95.3 cm³/mol. The summed E-state index contributed by atoms with van der Waals surface area (Å²) >= 11 is 0. The standard InChI is InChI=1S/C19H21N3O2/c1-21(2)11-6-12-22-17-10-9-15(19(23)24)13-16(17)18(20-22)14-7-4-3-5-8-14/h3-5,7-10,13H,6,11-12H2,1-2H3,(H,23,24). The lowest BCUT2D eigenvalue weighted by Crippen LogP contribution is -2.15. The summed E-state index contributed by atoms with van der Waals surface area (Å²) in [5.74, 6) is -0.920. The minimum Gasteiger partial charge on any atom is -0.478 e. The lowest BCUT2D eigenvalue weighted by Gasteiger charge is -2.09. The van der Waals surface area contributed by atoms with E-state index >= 15 is 0 Å². The van der Waals surface area contributed by atoms with Crippen molar-refractivity contribution in [2.75, 3.05) is 20.6 Å². The third kappa shape index (κ3) is 3.31. The van der Waals surface area contributed by atoms with Gasteiger partial charge in [0.1, 0.15) is 5.69 Å². The summed E-state index contributed by atoms with van der Waals surface area (Å²) in [5.41, 5.74) is 3.08. The van der Waals surface area contributed by atoms with E-state index in [4.69, 9.17) is 5.10 Å². The highest BCUT2D eigenvalue weighted by atomic mass is 16.4. The lowest BCUT2D eigenvalue weighted by molar-refractivity contribution is 0.0697. The highest BCUT2D eigenvalue weighted by Gasteiger charge is 2.14. The molecule has 3 aromatic rings. The number of carboxylic acid groups (broad SMARTS) is 1. The zero-order valence-electron chi connectivity index (χ0n) is 13.9. The first-order chi connectivity index (χ1) is 11.6. The van der Waals surface area contributed by atoms with Crippen molar-refractivity contribution in [1.29, 1.82) is 0 Å². The molecule has 5 heteroatoms. The van der Waals surface area contributed by atoms with Crippen molar-refractivity contribution in [3.05, 3.63) is 54.1 Å². The second kappa shape index (κ2) is 6.84. The number of rotatable bonds is 6. The second-order valence-electron chi connectivity index (χ2n) is 6.13. The molecule has 0 bridgehead atoms. The number of benzene rings is 2. The molecule has 0 radical (unpaired) electrons. The Labute approximate surface area is 141 Å². The number of nitrogens with zero attached hydrogens (tertiary/aromatic N) is 3. The van der Waals surface area contributed by atoms with Gasteiger partial charge < -0.3 is 10.0 Å². The van der Waals surface area contributed by atoms with Crippen molar-refractivity contribution < 1.29 is 9.90 Å². The lowest BCUT2D eigenvalue weighted by atomic mass is 10.1. The van der Waals surface area contributed by atoms with Gasteiger partial charge in [-0.15, -0.1) is 0 Å². The molecule has 0 atom stereocenters. The molecule has 24 heavy (non-hydrogen) atoms. The van der Waals surface area contributed by atoms with Gasteiger partial charge in [-0.2, -0.15) is 5.10 Å². The van der Waals surface area contributed by atoms with Gasteiger partial charge in [-0.3, -0.25) is 4.68 Å². The van der Waals surface area contributed by atoms with Crippen LogP contribution in [0.1, 0.15) is 16.8 Å². The fourth-order valence-corrected chi connectivity index (χ4v) is 2.83. The summed E-state index contributed by atoms with van der Waals surface area (Å²) in [5, 5.41) is 14.9. The van der Waals surface area contributed by atoms with Gasteiger partial charge in [-0.1, -0.05) is 30.3 Å². The molecule has 0 aliphatic rings. The van der Waals surface area contributed by atoms with Crippen LogP contribution in [0, 0.1) is 0 Å². The molecule has 0 fully saturated rings. The van der Waals surface area contributed by atoms with E-state index in [1.165, 1.54) is 0 Å². The number of aryl methyl sites for hydroxylation is 1. The van der Waals surface area contributed by atoms with Crippen LogP contribution in [0.25, 0.3) is 22.2 Å². The Kier molecular flexibility index (Phi) is 4.62. The molecule has 0 spiro atoms. The van der Waals surface area contributed by atoms with Crippen molar-refractivity contribution >= 4 is 16.9 Å². The van der Waals surface area contributed by atoms with E-state index in [0.717, 1.165) is 41.7 Å². The zero-order valence-corrected chi connectivity index (χ0v) is 13.9. The van der Waals surface area contributed by atoms with Crippen LogP contribution in [-0.2, 0) is 6.54 Å². The molecule has 2 aromatic carbocycles. The van der Waals surface area contributed by atoms with Crippen LogP contribution in [0.2, 0.25) is 0 Å². The van der Waals surface area contributed by atoms with Crippen molar-refractivity contribution in [2.45, 2.75) is 13.0 Å². The molecule has 124 valence electrons. The highest BCUT2D eigenvalue weighted by Crippen LogP contribution is 2.29. The van der Waals surface area contributed by atoms with E-state index < -0.39 is 5.97 Å². The fourth-order valence-electron chi connectivity index (χ4n) is 2.83. The van der Waals surface area contributed by atoms with Crippen LogP contribution in [0.15, 0.2) is 48.5 Å². The Morgan fingerprint density at radius 3 is 2.58 bits per heavy atom. The molecule has 3 rings (SSSR count). The summed E-state index contributed by atoms with van der Waals surface area (Å²) in [6.07, 6.45) is 0.985. The summed E-state index contributed by atoms with van der Waals surface area (Å²) in [6.45, 7) is 1.78. The number of carbonyl (C=O) groups is 1. The largest absolute Gasteiger partial charge is 0.478 e. The molecule has 0 unspecified atom stereocenters. The first-order valence-electron chi connectivity index (χ1n) is 8.00. The fraction of sp³-hybridized carbons (Fsp3) is 0.263. The number of carboxylic acids is 1. The Hall–Kier alpha value is -2.66. The smallest absolute Gasteiger partial charge is 0.335 e. The minimum atomic E-state index is -0.920. The molecule has 0 amide bonds. The summed E-state index contributed by atoms with van der Waals surface area (Å²) < 4.78 is 1.98. The van der Waals surface area contributed by atoms with Crippen molar-refractivity contribution in [1.82, 2.24) is 14.7 Å². The van der Waals surface area contributed by atoms with Gasteiger partial charge in [0.2, 0.25) is 0 Å². The molecule has 0 saturated heterocycles. The molecular weight excluding hydrogens is 302 g/mol. The van der Waals surface area contributed by atoms with Gasteiger partial charge in [0.25, 0.3) is 0 Å². The number of hydrogen-bond acceptors (Lipinski definition) is 3. The third-order valence-corrected chi connectivity index (χ3v) is 4.02. The molecule has 0 aliphatic carbocycles. The van der Waals surface area contributed by atoms with Crippen LogP contribution in [0.5, 0.6) is 0 Å². The first-order valence-corrected chi connectivity index (χ1v) is 8.00. The second-order valence-corrected chi connectivity index (χ2v) is 6.13. The van der Waals surface area contributed by atoms with Crippen LogP contribution >= 0.6 is 0 Å². The number of hydrogen-bond donors (Lipinski definition) is 1. The Balaban J connectivity index is 2.07. The van der Waals surface area contributed by atoms with Crippen molar-refractivity contribution in [2.24, 2.45) is 0 Å². The molecule has 0 aliphatic heterocycles. The number of fused-ring (bicyclic) bond motifs is 1. The average Bonchev–Trinajstić information content (AvgIpc) is 2.93. The highest BCUT2D eigenvalue weighted by molar-refractivity contribution is 5.99. The van der Waals surface area contributed by atoms with Crippen LogP contribution in [0.3, 0.4) is 0 Å². The average molecular weight is 323 g/mol. The zero-order chi connectivity index (χ0) is 17.1. The maximum atomic E-state index is 11.3. The van der Waals surface area contributed by atoms with E-state index in [2.05, 4.69) is 19.0 Å². The van der Waals surface area contributed by atoms with Gasteiger partial charge in [-0.25, -0.2) is 4.79 Å². The molecule has 1 heterocycles. The SMILES string of the molecule is CN(C)CCCn1nc(-c2ccccc2)c2cc(C(=O)O)ccc21. The van der Waals surface area contributed by atoms with Crippen molar-refractivity contribution in [3.8, 4) is 11.3 Å². The van der Waals surface area contributed by atoms with Gasteiger partial charge in [0.15, 0.2) is 0 Å². The van der Waals surface area contributed by atoms with E-state index in [9.17, 15) is 9.90 Å². The van der Waals surface area contributed by atoms with Gasteiger partial charge in [0.05, 0.1) is 11.1 Å². The van der Waals surface area contributed by atoms with Crippen LogP contribution < -0.4 is 0 Å². The Morgan fingerprint density at radius 1 is 1.17 bits per heavy atom. The topological polar surface area (TPSA) is 58.4 Å². The van der Waals surface area contributed by atoms with Gasteiger partial charge in [-0.05, 0) is 45.3 Å². The predicted octanol–water partition coefficient (Wildman–Crippen LogP) is 3.35. The third-order valence-electron chi connectivity index (χ3n) is 4.02. The van der Waals surface area contributed by atoms with Crippen LogP contribution in [0.4, 0.5) is 0 Å². The maximum absolute atomic E-state index is 11.3. The summed E-state index contributed by atoms with van der Waals surface area (Å²) in [4.78, 5) is 13.5. The van der Waals surface area contributed by atoms with E-state index in [1.807, 2.05) is 41.1 Å². The van der Waals surface area contributed by atoms with Crippen LogP contribution in [-0.4, -0.2) is 46.4 Å². The van der Waals surface area contributed by atoms with Gasteiger partial charge in [0, 0.05) is 17.5 Å².